The molecular weight excluding hydrogens is 318 g/mol. The average Bonchev–Trinajstić information content (AvgIpc) is 3.21. The highest BCUT2D eigenvalue weighted by Crippen LogP contribution is 2.19. The lowest BCUT2D eigenvalue weighted by Gasteiger charge is -2.12. The number of esters is 1. The van der Waals surface area contributed by atoms with Crippen molar-refractivity contribution in [3.05, 3.63) is 35.4 Å². The smallest absolute Gasteiger partial charge is 0.307 e. The van der Waals surface area contributed by atoms with E-state index in [-0.39, 0.29) is 18.7 Å². The minimum Gasteiger partial charge on any atom is -0.453 e. The summed E-state index contributed by atoms with van der Waals surface area (Å²) in [5.74, 6) is -0.0176. The van der Waals surface area contributed by atoms with E-state index in [0.29, 0.717) is 18.3 Å². The first kappa shape index (κ1) is 16.9. The van der Waals surface area contributed by atoms with Gasteiger partial charge in [-0.3, -0.25) is 9.59 Å². The summed E-state index contributed by atoms with van der Waals surface area (Å²) < 4.78 is 10.1. The molecule has 122 valence electrons. The topological polar surface area (TPSA) is 94.3 Å². The van der Waals surface area contributed by atoms with Crippen LogP contribution in [0.25, 0.3) is 11.4 Å². The summed E-state index contributed by atoms with van der Waals surface area (Å²) >= 11 is 1.54. The number of nitrogens with one attached hydrogen (secondary N) is 1. The summed E-state index contributed by atoms with van der Waals surface area (Å²) in [6.07, 6.45) is 1.01. The summed E-state index contributed by atoms with van der Waals surface area (Å²) in [5, 5.41) is 10.2. The fourth-order valence-corrected chi connectivity index (χ4v) is 2.33. The predicted molar refractivity (Wildman–Crippen MR) is 84.7 cm³/mol. The van der Waals surface area contributed by atoms with Gasteiger partial charge in [-0.05, 0) is 18.4 Å². The maximum Gasteiger partial charge on any atom is 0.307 e. The molecule has 7 nitrogen and oxygen atoms in total. The summed E-state index contributed by atoms with van der Waals surface area (Å²) in [7, 11) is 0. The molecule has 0 aliphatic carbocycles. The lowest BCUT2D eigenvalue weighted by atomic mass is 10.3. The molecule has 0 aliphatic heterocycles. The predicted octanol–water partition coefficient (Wildman–Crippen LogP) is 1.96. The number of aryl methyl sites for hydroxylation is 1. The van der Waals surface area contributed by atoms with Gasteiger partial charge in [0.25, 0.3) is 5.91 Å². The van der Waals surface area contributed by atoms with Crippen molar-refractivity contribution in [2.45, 2.75) is 25.9 Å². The van der Waals surface area contributed by atoms with Crippen LogP contribution in [0.4, 0.5) is 0 Å². The molecule has 0 spiro atoms. The maximum atomic E-state index is 11.7. The van der Waals surface area contributed by atoms with Crippen LogP contribution in [-0.4, -0.2) is 34.7 Å². The van der Waals surface area contributed by atoms with Crippen LogP contribution < -0.4 is 5.32 Å². The molecule has 2 aromatic heterocycles. The van der Waals surface area contributed by atoms with Crippen molar-refractivity contribution in [1.82, 2.24) is 15.5 Å². The third kappa shape index (κ3) is 5.03. The Hall–Kier alpha value is -2.48. The van der Waals surface area contributed by atoms with Crippen LogP contribution in [0.3, 0.4) is 0 Å². The van der Waals surface area contributed by atoms with Gasteiger partial charge in [0.15, 0.2) is 6.10 Å². The van der Waals surface area contributed by atoms with E-state index in [1.54, 1.807) is 6.08 Å². The van der Waals surface area contributed by atoms with Gasteiger partial charge in [-0.15, -0.1) is 6.58 Å². The molecule has 0 fully saturated rings. The van der Waals surface area contributed by atoms with E-state index >= 15 is 0 Å². The molecule has 0 radical (unpaired) electrons. The highest BCUT2D eigenvalue weighted by atomic mass is 32.1. The zero-order valence-corrected chi connectivity index (χ0v) is 13.5. The fraction of sp³-hybridized carbons (Fsp3) is 0.333. The second-order valence-corrected chi connectivity index (χ2v) is 5.47. The lowest BCUT2D eigenvalue weighted by molar-refractivity contribution is -0.154. The molecule has 0 bridgehead atoms. The van der Waals surface area contributed by atoms with Crippen molar-refractivity contribution in [1.29, 1.82) is 0 Å². The molecule has 0 unspecified atom stereocenters. The second-order valence-electron chi connectivity index (χ2n) is 4.69. The normalized spacial score (nSPS) is 11.7. The van der Waals surface area contributed by atoms with Crippen molar-refractivity contribution in [3.8, 4) is 11.4 Å². The number of rotatable bonds is 8. The van der Waals surface area contributed by atoms with E-state index < -0.39 is 12.1 Å². The van der Waals surface area contributed by atoms with E-state index in [9.17, 15) is 9.59 Å². The maximum absolute atomic E-state index is 11.7. The van der Waals surface area contributed by atoms with E-state index in [4.69, 9.17) is 9.26 Å². The van der Waals surface area contributed by atoms with Gasteiger partial charge < -0.3 is 14.6 Å². The highest BCUT2D eigenvalue weighted by molar-refractivity contribution is 7.08. The minimum absolute atomic E-state index is 0.0599. The molecule has 0 saturated carbocycles. The third-order valence-corrected chi connectivity index (χ3v) is 3.57. The molecule has 2 rings (SSSR count). The Kier molecular flexibility index (Phi) is 6.04. The molecule has 23 heavy (non-hydrogen) atoms. The molecule has 1 amide bonds. The first-order valence-corrected chi connectivity index (χ1v) is 7.97. The molecule has 1 N–H and O–H groups in total. The molecule has 2 aromatic rings. The van der Waals surface area contributed by atoms with Gasteiger partial charge in [0.1, 0.15) is 0 Å². The lowest BCUT2D eigenvalue weighted by Crippen LogP contribution is -2.35. The Morgan fingerprint density at radius 2 is 2.39 bits per heavy atom. The van der Waals surface area contributed by atoms with Crippen molar-refractivity contribution in [2.75, 3.05) is 6.54 Å². The molecule has 8 heteroatoms. The van der Waals surface area contributed by atoms with Gasteiger partial charge in [0.2, 0.25) is 11.7 Å². The zero-order valence-electron chi connectivity index (χ0n) is 12.7. The van der Waals surface area contributed by atoms with Crippen LogP contribution in [0, 0.1) is 0 Å². The number of nitrogens with zero attached hydrogens (tertiary/aromatic N) is 2. The van der Waals surface area contributed by atoms with E-state index in [1.807, 2.05) is 16.8 Å². The van der Waals surface area contributed by atoms with Crippen LogP contribution >= 0.6 is 11.3 Å². The SMILES string of the molecule is C=CCNC(=O)[C@H](C)OC(=O)CCc1nc(-c2ccsc2)no1. The van der Waals surface area contributed by atoms with E-state index in [0.717, 1.165) is 5.56 Å². The number of ether oxygens (including phenoxy) is 1. The van der Waals surface area contributed by atoms with Gasteiger partial charge in [-0.2, -0.15) is 16.3 Å². The fourth-order valence-electron chi connectivity index (χ4n) is 1.70. The zero-order chi connectivity index (χ0) is 16.7. The first-order chi connectivity index (χ1) is 11.1. The molecule has 0 saturated heterocycles. The molecular formula is C15H17N3O4S. The number of hydrogen-bond donors (Lipinski definition) is 1. The average molecular weight is 335 g/mol. The first-order valence-electron chi connectivity index (χ1n) is 7.03. The summed E-state index contributed by atoms with van der Waals surface area (Å²) in [5.41, 5.74) is 0.875. The number of carbonyl (C=O) groups excluding carboxylic acids is 2. The Bertz CT molecular complexity index is 666. The number of hydrogen-bond acceptors (Lipinski definition) is 7. The van der Waals surface area contributed by atoms with Gasteiger partial charge in [0, 0.05) is 23.9 Å². The van der Waals surface area contributed by atoms with Crippen LogP contribution in [0.1, 0.15) is 19.2 Å². The van der Waals surface area contributed by atoms with E-state index in [2.05, 4.69) is 22.0 Å². The van der Waals surface area contributed by atoms with Gasteiger partial charge >= 0.3 is 5.97 Å². The highest BCUT2D eigenvalue weighted by Gasteiger charge is 2.18. The Morgan fingerprint density at radius 3 is 3.09 bits per heavy atom. The Morgan fingerprint density at radius 1 is 1.57 bits per heavy atom. The van der Waals surface area contributed by atoms with Gasteiger partial charge in [0.05, 0.1) is 6.42 Å². The largest absolute Gasteiger partial charge is 0.453 e. The summed E-state index contributed by atoms with van der Waals surface area (Å²) in [6, 6.07) is 1.89. The minimum atomic E-state index is -0.855. The van der Waals surface area contributed by atoms with Crippen LogP contribution in [0.5, 0.6) is 0 Å². The van der Waals surface area contributed by atoms with E-state index in [1.165, 1.54) is 18.3 Å². The Balaban J connectivity index is 1.78. The van der Waals surface area contributed by atoms with Crippen molar-refractivity contribution in [2.24, 2.45) is 0 Å². The van der Waals surface area contributed by atoms with Crippen molar-refractivity contribution in [3.63, 3.8) is 0 Å². The van der Waals surface area contributed by atoms with Gasteiger partial charge in [-0.25, -0.2) is 0 Å². The number of carbonyl (C=O) groups is 2. The standard InChI is InChI=1S/C15H17N3O4S/c1-3-7-16-15(20)10(2)21-13(19)5-4-12-17-14(18-22-12)11-6-8-23-9-11/h3,6,8-10H,1,4-5,7H2,2H3,(H,16,20)/t10-/m0/s1. The van der Waals surface area contributed by atoms with Crippen LogP contribution in [-0.2, 0) is 20.7 Å². The number of aromatic nitrogens is 2. The molecule has 0 aromatic carbocycles. The summed E-state index contributed by atoms with van der Waals surface area (Å²) in [6.45, 7) is 5.33. The monoisotopic (exact) mass is 335 g/mol. The molecule has 1 atom stereocenters. The van der Waals surface area contributed by atoms with Crippen molar-refractivity contribution >= 4 is 23.2 Å². The van der Waals surface area contributed by atoms with Crippen LogP contribution in [0.15, 0.2) is 34.0 Å². The van der Waals surface area contributed by atoms with Crippen molar-refractivity contribution < 1.29 is 18.8 Å². The summed E-state index contributed by atoms with van der Waals surface area (Å²) in [4.78, 5) is 27.5. The molecule has 0 aliphatic rings. The second kappa shape index (κ2) is 8.23. The Labute approximate surface area is 137 Å². The molecule has 2 heterocycles. The van der Waals surface area contributed by atoms with Gasteiger partial charge in [-0.1, -0.05) is 11.2 Å². The quantitative estimate of drug-likeness (QED) is 0.585. The van der Waals surface area contributed by atoms with Crippen LogP contribution in [0.2, 0.25) is 0 Å². The third-order valence-electron chi connectivity index (χ3n) is 2.89. The number of thiophene rings is 1. The number of amides is 1.